The van der Waals surface area contributed by atoms with Gasteiger partial charge in [-0.2, -0.15) is 0 Å². The molecule has 0 aromatic heterocycles. The Morgan fingerprint density at radius 3 is 2.55 bits per heavy atom. The fourth-order valence-corrected chi connectivity index (χ4v) is 1.37. The summed E-state index contributed by atoms with van der Waals surface area (Å²) in [6, 6.07) is -0.398. The van der Waals surface area contributed by atoms with Crippen molar-refractivity contribution in [2.45, 2.75) is 12.8 Å². The van der Waals surface area contributed by atoms with Crippen LogP contribution in [0, 0.1) is 5.92 Å². The first-order valence-electron chi connectivity index (χ1n) is 6.54. The molecule has 0 spiro atoms. The fourth-order valence-electron chi connectivity index (χ4n) is 1.37. The van der Waals surface area contributed by atoms with Gasteiger partial charge in [-0.1, -0.05) is 0 Å². The van der Waals surface area contributed by atoms with Crippen LogP contribution in [0.5, 0.6) is 0 Å². The number of amides is 3. The van der Waals surface area contributed by atoms with E-state index in [9.17, 15) is 14.4 Å². The number of nitrogens with zero attached hydrogens (tertiary/aromatic N) is 1. The Hall–Kier alpha value is -1.83. The molecule has 8 heteroatoms. The van der Waals surface area contributed by atoms with E-state index in [1.54, 1.807) is 7.05 Å². The molecule has 0 bridgehead atoms. The number of likely N-dealkylation sites (N-methyl/N-ethyl adjacent to an activating group) is 1. The van der Waals surface area contributed by atoms with Gasteiger partial charge in [-0.15, -0.1) is 0 Å². The lowest BCUT2D eigenvalue weighted by atomic mass is 10.5. The van der Waals surface area contributed by atoms with E-state index in [1.165, 1.54) is 17.7 Å². The number of rotatable bonds is 9. The minimum Gasteiger partial charge on any atom is -0.480 e. The number of carbonyl (C=O) groups is 3. The van der Waals surface area contributed by atoms with Gasteiger partial charge >= 0.3 is 12.0 Å². The monoisotopic (exact) mass is 287 g/mol. The Kier molecular flexibility index (Phi) is 6.78. The predicted octanol–water partition coefficient (Wildman–Crippen LogP) is -0.745. The third-order valence-corrected chi connectivity index (χ3v) is 2.81. The Balaban J connectivity index is 2.04. The Morgan fingerprint density at radius 2 is 1.95 bits per heavy atom. The van der Waals surface area contributed by atoms with Gasteiger partial charge in [0.25, 0.3) is 0 Å². The first-order valence-corrected chi connectivity index (χ1v) is 6.54. The molecule has 114 valence electrons. The standard InChI is InChI=1S/C12H21N3O5/c1-15(4-5-20-8-9-2-3-9)12(19)14-6-10(16)13-7-11(17)18/h9H,2-8H2,1H3,(H,13,16)(H,14,19)(H,17,18). The van der Waals surface area contributed by atoms with Gasteiger partial charge in [-0.05, 0) is 18.8 Å². The highest BCUT2D eigenvalue weighted by Gasteiger charge is 2.21. The van der Waals surface area contributed by atoms with Crippen molar-refractivity contribution in [2.24, 2.45) is 5.92 Å². The van der Waals surface area contributed by atoms with E-state index >= 15 is 0 Å². The lowest BCUT2D eigenvalue weighted by Gasteiger charge is -2.17. The van der Waals surface area contributed by atoms with E-state index < -0.39 is 24.5 Å². The maximum Gasteiger partial charge on any atom is 0.322 e. The highest BCUT2D eigenvalue weighted by Crippen LogP contribution is 2.28. The van der Waals surface area contributed by atoms with Crippen LogP contribution in [0.25, 0.3) is 0 Å². The van der Waals surface area contributed by atoms with Gasteiger partial charge in [-0.25, -0.2) is 4.79 Å². The van der Waals surface area contributed by atoms with Crippen LogP contribution < -0.4 is 10.6 Å². The highest BCUT2D eigenvalue weighted by molar-refractivity contribution is 5.86. The van der Waals surface area contributed by atoms with Crippen molar-refractivity contribution in [1.29, 1.82) is 0 Å². The van der Waals surface area contributed by atoms with Gasteiger partial charge in [0.05, 0.1) is 13.2 Å². The Labute approximate surface area is 117 Å². The second kappa shape index (κ2) is 8.36. The van der Waals surface area contributed by atoms with Crippen molar-refractivity contribution in [1.82, 2.24) is 15.5 Å². The third kappa shape index (κ3) is 7.57. The maximum atomic E-state index is 11.6. The van der Waals surface area contributed by atoms with Crippen molar-refractivity contribution >= 4 is 17.9 Å². The van der Waals surface area contributed by atoms with E-state index in [-0.39, 0.29) is 6.54 Å². The first-order chi connectivity index (χ1) is 9.49. The normalized spacial score (nSPS) is 13.7. The smallest absolute Gasteiger partial charge is 0.322 e. The highest BCUT2D eigenvalue weighted by atomic mass is 16.5. The van der Waals surface area contributed by atoms with Gasteiger partial charge in [0.1, 0.15) is 6.54 Å². The van der Waals surface area contributed by atoms with Crippen molar-refractivity contribution in [3.8, 4) is 0 Å². The molecular formula is C12H21N3O5. The molecule has 0 saturated heterocycles. The van der Waals surface area contributed by atoms with E-state index in [0.29, 0.717) is 19.1 Å². The largest absolute Gasteiger partial charge is 0.480 e. The van der Waals surface area contributed by atoms with E-state index in [0.717, 1.165) is 6.61 Å². The number of carbonyl (C=O) groups excluding carboxylic acids is 2. The summed E-state index contributed by atoms with van der Waals surface area (Å²) < 4.78 is 5.40. The van der Waals surface area contributed by atoms with Gasteiger partial charge < -0.3 is 25.4 Å². The second-order valence-corrected chi connectivity index (χ2v) is 4.77. The summed E-state index contributed by atoms with van der Waals surface area (Å²) in [5.74, 6) is -0.985. The SMILES string of the molecule is CN(CCOCC1CC1)C(=O)NCC(=O)NCC(=O)O. The molecule has 0 aromatic carbocycles. The fraction of sp³-hybridized carbons (Fsp3) is 0.750. The number of carboxylic acid groups (broad SMARTS) is 1. The first kappa shape index (κ1) is 16.2. The zero-order chi connectivity index (χ0) is 15.0. The molecule has 0 aliphatic heterocycles. The van der Waals surface area contributed by atoms with Crippen LogP contribution >= 0.6 is 0 Å². The van der Waals surface area contributed by atoms with Crippen LogP contribution in [0.4, 0.5) is 4.79 Å². The number of hydrogen-bond donors (Lipinski definition) is 3. The molecule has 0 heterocycles. The molecule has 8 nitrogen and oxygen atoms in total. The quantitative estimate of drug-likeness (QED) is 0.484. The summed E-state index contributed by atoms with van der Waals surface area (Å²) in [6.45, 7) is 0.937. The zero-order valence-corrected chi connectivity index (χ0v) is 11.6. The van der Waals surface area contributed by atoms with Gasteiger partial charge in [-0.3, -0.25) is 9.59 Å². The molecule has 0 atom stereocenters. The number of nitrogens with one attached hydrogen (secondary N) is 2. The van der Waals surface area contributed by atoms with Crippen molar-refractivity contribution < 1.29 is 24.2 Å². The van der Waals surface area contributed by atoms with Crippen LogP contribution in [0.1, 0.15) is 12.8 Å². The number of hydrogen-bond acceptors (Lipinski definition) is 4. The number of ether oxygens (including phenoxy) is 1. The summed E-state index contributed by atoms with van der Waals surface area (Å²) in [5.41, 5.74) is 0. The lowest BCUT2D eigenvalue weighted by molar-refractivity contribution is -0.137. The minimum atomic E-state index is -1.13. The molecular weight excluding hydrogens is 266 g/mol. The predicted molar refractivity (Wildman–Crippen MR) is 70.2 cm³/mol. The molecule has 20 heavy (non-hydrogen) atoms. The van der Waals surface area contributed by atoms with Gasteiger partial charge in [0, 0.05) is 20.2 Å². The van der Waals surface area contributed by atoms with Crippen molar-refractivity contribution in [3.05, 3.63) is 0 Å². The molecule has 3 N–H and O–H groups in total. The van der Waals surface area contributed by atoms with Crippen LogP contribution in [0.3, 0.4) is 0 Å². The Morgan fingerprint density at radius 1 is 1.25 bits per heavy atom. The summed E-state index contributed by atoms with van der Waals surface area (Å²) in [5, 5.41) is 12.9. The molecule has 1 aliphatic carbocycles. The minimum absolute atomic E-state index is 0.251. The lowest BCUT2D eigenvalue weighted by Crippen LogP contribution is -2.44. The number of aliphatic carboxylic acids is 1. The molecule has 1 fully saturated rings. The van der Waals surface area contributed by atoms with Crippen LogP contribution in [-0.4, -0.2) is 67.8 Å². The summed E-state index contributed by atoms with van der Waals surface area (Å²) in [6.07, 6.45) is 2.45. The molecule has 0 radical (unpaired) electrons. The number of urea groups is 1. The molecule has 0 unspecified atom stereocenters. The van der Waals surface area contributed by atoms with E-state index in [4.69, 9.17) is 9.84 Å². The van der Waals surface area contributed by atoms with E-state index in [2.05, 4.69) is 10.6 Å². The number of carboxylic acids is 1. The second-order valence-electron chi connectivity index (χ2n) is 4.77. The molecule has 0 aromatic rings. The average Bonchev–Trinajstić information content (AvgIpc) is 3.22. The third-order valence-electron chi connectivity index (χ3n) is 2.81. The zero-order valence-electron chi connectivity index (χ0n) is 11.6. The topological polar surface area (TPSA) is 108 Å². The molecule has 3 amide bonds. The molecule has 1 aliphatic rings. The molecule has 1 rings (SSSR count). The molecule has 1 saturated carbocycles. The van der Waals surface area contributed by atoms with Crippen LogP contribution in [-0.2, 0) is 14.3 Å². The van der Waals surface area contributed by atoms with Crippen molar-refractivity contribution in [3.63, 3.8) is 0 Å². The average molecular weight is 287 g/mol. The van der Waals surface area contributed by atoms with E-state index in [1.807, 2.05) is 0 Å². The van der Waals surface area contributed by atoms with Gasteiger partial charge in [0.2, 0.25) is 5.91 Å². The van der Waals surface area contributed by atoms with Crippen LogP contribution in [0.2, 0.25) is 0 Å². The summed E-state index contributed by atoms with van der Waals surface area (Å²) >= 11 is 0. The van der Waals surface area contributed by atoms with Crippen molar-refractivity contribution in [2.75, 3.05) is 39.9 Å². The van der Waals surface area contributed by atoms with Crippen LogP contribution in [0.15, 0.2) is 0 Å². The maximum absolute atomic E-state index is 11.6. The summed E-state index contributed by atoms with van der Waals surface area (Å²) in [4.78, 5) is 34.4. The van der Waals surface area contributed by atoms with Gasteiger partial charge in [0.15, 0.2) is 0 Å². The Bertz CT molecular complexity index is 357. The summed E-state index contributed by atoms with van der Waals surface area (Å²) in [7, 11) is 1.60.